The predicted octanol–water partition coefficient (Wildman–Crippen LogP) is 4.56. The van der Waals surface area contributed by atoms with E-state index in [9.17, 15) is 8.78 Å². The lowest BCUT2D eigenvalue weighted by molar-refractivity contribution is 0.317. The fourth-order valence-corrected chi connectivity index (χ4v) is 2.41. The van der Waals surface area contributed by atoms with Gasteiger partial charge >= 0.3 is 0 Å². The average Bonchev–Trinajstić information content (AvgIpc) is 2.44. The molecule has 0 spiro atoms. The zero-order valence-corrected chi connectivity index (χ0v) is 13.2. The van der Waals surface area contributed by atoms with Crippen molar-refractivity contribution in [3.8, 4) is 5.75 Å². The first kappa shape index (κ1) is 15.9. The molecule has 1 atom stereocenters. The Morgan fingerprint density at radius 1 is 1.14 bits per heavy atom. The van der Waals surface area contributed by atoms with E-state index in [2.05, 4.69) is 15.9 Å². The van der Waals surface area contributed by atoms with Crippen molar-refractivity contribution in [2.45, 2.75) is 19.4 Å². The molecule has 0 radical (unpaired) electrons. The van der Waals surface area contributed by atoms with Gasteiger partial charge in [0.2, 0.25) is 0 Å². The summed E-state index contributed by atoms with van der Waals surface area (Å²) < 4.78 is 33.6. The molecule has 0 amide bonds. The third-order valence-electron chi connectivity index (χ3n) is 3.07. The Kier molecular flexibility index (Phi) is 5.31. The van der Waals surface area contributed by atoms with Crippen molar-refractivity contribution in [3.63, 3.8) is 0 Å². The summed E-state index contributed by atoms with van der Waals surface area (Å²) in [5, 5.41) is 0. The number of nitrogens with two attached hydrogens (primary N) is 1. The smallest absolute Gasteiger partial charge is 0.132 e. The van der Waals surface area contributed by atoms with Crippen LogP contribution >= 0.6 is 15.9 Å². The molecule has 0 aliphatic rings. The molecule has 0 heterocycles. The highest BCUT2D eigenvalue weighted by Crippen LogP contribution is 2.28. The zero-order valence-electron chi connectivity index (χ0n) is 11.6. The normalized spacial score (nSPS) is 12.2. The molecule has 0 bridgehead atoms. The summed E-state index contributed by atoms with van der Waals surface area (Å²) in [6, 6.07) is 8.48. The molecular formula is C16H16BrF2NO. The summed E-state index contributed by atoms with van der Waals surface area (Å²) in [6.45, 7) is 2.64. The molecular weight excluding hydrogens is 340 g/mol. The van der Waals surface area contributed by atoms with Gasteiger partial charge in [0.15, 0.2) is 0 Å². The molecule has 0 aliphatic carbocycles. The third-order valence-corrected chi connectivity index (χ3v) is 3.52. The topological polar surface area (TPSA) is 35.2 Å². The van der Waals surface area contributed by atoms with Gasteiger partial charge < -0.3 is 10.5 Å². The summed E-state index contributed by atoms with van der Waals surface area (Å²) >= 11 is 3.05. The number of ether oxygens (including phenoxy) is 1. The largest absolute Gasteiger partial charge is 0.494 e. The lowest BCUT2D eigenvalue weighted by Gasteiger charge is -2.15. The Bertz CT molecular complexity index is 593. The van der Waals surface area contributed by atoms with E-state index >= 15 is 0 Å². The van der Waals surface area contributed by atoms with Crippen molar-refractivity contribution in [3.05, 3.63) is 63.6 Å². The molecule has 2 aromatic rings. The van der Waals surface area contributed by atoms with Crippen LogP contribution in [0.5, 0.6) is 5.75 Å². The molecule has 0 aliphatic heterocycles. The monoisotopic (exact) mass is 355 g/mol. The van der Waals surface area contributed by atoms with Crippen LogP contribution in [0.1, 0.15) is 30.5 Å². The van der Waals surface area contributed by atoms with Crippen LogP contribution in [0.15, 0.2) is 40.9 Å². The van der Waals surface area contributed by atoms with Gasteiger partial charge in [0, 0.05) is 10.0 Å². The lowest BCUT2D eigenvalue weighted by atomic mass is 9.98. The van der Waals surface area contributed by atoms with E-state index in [0.29, 0.717) is 22.4 Å². The molecule has 112 valence electrons. The van der Waals surface area contributed by atoms with Gasteiger partial charge in [0.25, 0.3) is 0 Å². The van der Waals surface area contributed by atoms with Gasteiger partial charge in [-0.05, 0) is 36.2 Å². The first-order valence-electron chi connectivity index (χ1n) is 6.65. The van der Waals surface area contributed by atoms with Gasteiger partial charge in [0.05, 0.1) is 12.6 Å². The fraction of sp³-hybridized carbons (Fsp3) is 0.250. The van der Waals surface area contributed by atoms with Crippen LogP contribution < -0.4 is 10.5 Å². The van der Waals surface area contributed by atoms with Crippen LogP contribution in [0.2, 0.25) is 0 Å². The average molecular weight is 356 g/mol. The summed E-state index contributed by atoms with van der Waals surface area (Å²) in [5.41, 5.74) is 6.47. The molecule has 0 saturated heterocycles. The first-order valence-corrected chi connectivity index (χ1v) is 7.45. The highest BCUT2D eigenvalue weighted by atomic mass is 79.9. The Morgan fingerprint density at radius 2 is 1.71 bits per heavy atom. The van der Waals surface area contributed by atoms with Crippen LogP contribution in [-0.4, -0.2) is 6.61 Å². The molecule has 2 aromatic carbocycles. The minimum Gasteiger partial charge on any atom is -0.494 e. The number of rotatable bonds is 5. The van der Waals surface area contributed by atoms with Gasteiger partial charge in [0.1, 0.15) is 17.4 Å². The second-order valence-corrected chi connectivity index (χ2v) is 5.59. The van der Waals surface area contributed by atoms with Crippen molar-refractivity contribution < 1.29 is 13.5 Å². The molecule has 0 saturated carbocycles. The minimum absolute atomic E-state index is 0.138. The van der Waals surface area contributed by atoms with Crippen LogP contribution in [-0.2, 0) is 0 Å². The Balaban J connectivity index is 2.26. The molecule has 2 rings (SSSR count). The summed E-state index contributed by atoms with van der Waals surface area (Å²) in [6.07, 6.45) is 0.913. The second kappa shape index (κ2) is 7.00. The van der Waals surface area contributed by atoms with Crippen LogP contribution in [0.4, 0.5) is 8.78 Å². The molecule has 2 nitrogen and oxygen atoms in total. The van der Waals surface area contributed by atoms with Crippen molar-refractivity contribution in [2.24, 2.45) is 5.73 Å². The van der Waals surface area contributed by atoms with Gasteiger partial charge in [-0.15, -0.1) is 0 Å². The zero-order chi connectivity index (χ0) is 15.4. The molecule has 0 aromatic heterocycles. The van der Waals surface area contributed by atoms with Crippen molar-refractivity contribution in [1.82, 2.24) is 0 Å². The van der Waals surface area contributed by atoms with E-state index in [1.165, 1.54) is 12.1 Å². The lowest BCUT2D eigenvalue weighted by Crippen LogP contribution is -2.15. The third kappa shape index (κ3) is 3.80. The van der Waals surface area contributed by atoms with E-state index in [1.807, 2.05) is 6.92 Å². The molecule has 21 heavy (non-hydrogen) atoms. The summed E-state index contributed by atoms with van der Waals surface area (Å²) in [5.74, 6) is -0.620. The van der Waals surface area contributed by atoms with Gasteiger partial charge in [-0.3, -0.25) is 0 Å². The quantitative estimate of drug-likeness (QED) is 0.852. The standard InChI is InChI=1S/C16H16BrF2NO/c1-2-7-21-12-5-3-10(4-6-12)16(20)15-13(18)8-11(17)9-14(15)19/h3-6,8-9,16H,2,7,20H2,1H3. The summed E-state index contributed by atoms with van der Waals surface area (Å²) in [4.78, 5) is 0. The Morgan fingerprint density at radius 3 is 2.24 bits per heavy atom. The van der Waals surface area contributed by atoms with Crippen molar-refractivity contribution in [2.75, 3.05) is 6.61 Å². The van der Waals surface area contributed by atoms with E-state index in [1.54, 1.807) is 24.3 Å². The maximum atomic E-state index is 13.9. The Labute approximate surface area is 131 Å². The summed E-state index contributed by atoms with van der Waals surface area (Å²) in [7, 11) is 0. The second-order valence-electron chi connectivity index (χ2n) is 4.68. The number of benzene rings is 2. The van der Waals surface area contributed by atoms with E-state index < -0.39 is 17.7 Å². The van der Waals surface area contributed by atoms with Crippen LogP contribution in [0.3, 0.4) is 0 Å². The molecule has 2 N–H and O–H groups in total. The van der Waals surface area contributed by atoms with E-state index in [0.717, 1.165) is 6.42 Å². The van der Waals surface area contributed by atoms with Crippen molar-refractivity contribution >= 4 is 15.9 Å². The first-order chi connectivity index (χ1) is 10.0. The maximum Gasteiger partial charge on any atom is 0.132 e. The minimum atomic E-state index is -0.863. The predicted molar refractivity (Wildman–Crippen MR) is 82.3 cm³/mol. The van der Waals surface area contributed by atoms with Crippen LogP contribution in [0.25, 0.3) is 0 Å². The highest BCUT2D eigenvalue weighted by Gasteiger charge is 2.19. The van der Waals surface area contributed by atoms with Gasteiger partial charge in [-0.1, -0.05) is 35.0 Å². The number of hydrogen-bond donors (Lipinski definition) is 1. The fourth-order valence-electron chi connectivity index (χ4n) is 2.01. The van der Waals surface area contributed by atoms with E-state index in [4.69, 9.17) is 10.5 Å². The Hall–Kier alpha value is -1.46. The van der Waals surface area contributed by atoms with Gasteiger partial charge in [-0.2, -0.15) is 0 Å². The van der Waals surface area contributed by atoms with E-state index in [-0.39, 0.29) is 5.56 Å². The molecule has 1 unspecified atom stereocenters. The van der Waals surface area contributed by atoms with Gasteiger partial charge in [-0.25, -0.2) is 8.78 Å². The van der Waals surface area contributed by atoms with Crippen molar-refractivity contribution in [1.29, 1.82) is 0 Å². The molecule has 0 fully saturated rings. The SMILES string of the molecule is CCCOc1ccc(C(N)c2c(F)cc(Br)cc2F)cc1. The highest BCUT2D eigenvalue weighted by molar-refractivity contribution is 9.10. The van der Waals surface area contributed by atoms with Crippen LogP contribution in [0, 0.1) is 11.6 Å². The maximum absolute atomic E-state index is 13.9. The molecule has 5 heteroatoms. The number of hydrogen-bond acceptors (Lipinski definition) is 2. The number of halogens is 3.